The second-order valence-electron chi connectivity index (χ2n) is 3.91. The van der Waals surface area contributed by atoms with Crippen molar-refractivity contribution in [3.8, 4) is 5.75 Å². The number of nitrogens with zero attached hydrogens (tertiary/aromatic N) is 1. The van der Waals surface area contributed by atoms with E-state index < -0.39 is 0 Å². The first-order valence-electron chi connectivity index (χ1n) is 5.09. The lowest BCUT2D eigenvalue weighted by Gasteiger charge is -2.07. The normalized spacial score (nSPS) is 11.2. The van der Waals surface area contributed by atoms with E-state index in [1.807, 2.05) is 0 Å². The van der Waals surface area contributed by atoms with Crippen LogP contribution in [-0.4, -0.2) is 40.5 Å². The molecule has 0 aromatic heterocycles. The molecule has 0 aliphatic carbocycles. The van der Waals surface area contributed by atoms with Gasteiger partial charge in [0.15, 0.2) is 0 Å². The van der Waals surface area contributed by atoms with Crippen molar-refractivity contribution in [2.45, 2.75) is 0 Å². The molecule has 0 bridgehead atoms. The standard InChI is InChI=1S/C12H18BNO/c1-14(2)8-4-5-10-6-7-11(13)9-12(10)15-3/h4-7,9H,8,13H2,1-3H3/b5-4+. The fraction of sp³-hybridized carbons (Fsp3) is 0.333. The van der Waals surface area contributed by atoms with Gasteiger partial charge in [-0.15, -0.1) is 0 Å². The largest absolute Gasteiger partial charge is 0.496 e. The smallest absolute Gasteiger partial charge is 0.139 e. The van der Waals surface area contributed by atoms with Crippen LogP contribution in [0.1, 0.15) is 5.56 Å². The van der Waals surface area contributed by atoms with Crippen LogP contribution in [0.4, 0.5) is 0 Å². The maximum atomic E-state index is 5.32. The van der Waals surface area contributed by atoms with Gasteiger partial charge in [-0.25, -0.2) is 0 Å². The number of benzene rings is 1. The molecule has 0 fully saturated rings. The summed E-state index contributed by atoms with van der Waals surface area (Å²) in [7, 11) is 7.88. The van der Waals surface area contributed by atoms with Crippen LogP contribution in [0.3, 0.4) is 0 Å². The first-order valence-corrected chi connectivity index (χ1v) is 5.09. The summed E-state index contributed by atoms with van der Waals surface area (Å²) in [5, 5.41) is 0. The highest BCUT2D eigenvalue weighted by Crippen LogP contribution is 2.17. The summed E-state index contributed by atoms with van der Waals surface area (Å²) < 4.78 is 5.32. The molecule has 0 radical (unpaired) electrons. The van der Waals surface area contributed by atoms with Crippen LogP contribution in [0.25, 0.3) is 6.08 Å². The molecule has 0 amide bonds. The van der Waals surface area contributed by atoms with E-state index in [1.54, 1.807) is 7.11 Å². The Morgan fingerprint density at radius 3 is 2.73 bits per heavy atom. The monoisotopic (exact) mass is 203 g/mol. The second-order valence-corrected chi connectivity index (χ2v) is 3.91. The molecule has 0 aliphatic rings. The molecule has 0 unspecified atom stereocenters. The topological polar surface area (TPSA) is 12.5 Å². The number of rotatable bonds is 4. The van der Waals surface area contributed by atoms with Crippen molar-refractivity contribution in [3.05, 3.63) is 29.8 Å². The van der Waals surface area contributed by atoms with Gasteiger partial charge in [0, 0.05) is 12.1 Å². The van der Waals surface area contributed by atoms with E-state index in [9.17, 15) is 0 Å². The van der Waals surface area contributed by atoms with Crippen LogP contribution in [0.2, 0.25) is 0 Å². The van der Waals surface area contributed by atoms with E-state index in [0.717, 1.165) is 17.9 Å². The minimum absolute atomic E-state index is 0.935. The van der Waals surface area contributed by atoms with E-state index in [1.165, 1.54) is 5.46 Å². The number of likely N-dealkylation sites (N-methyl/N-ethyl adjacent to an activating group) is 1. The molecule has 2 nitrogen and oxygen atoms in total. The molecule has 0 atom stereocenters. The van der Waals surface area contributed by atoms with E-state index >= 15 is 0 Å². The fourth-order valence-corrected chi connectivity index (χ4v) is 1.35. The minimum Gasteiger partial charge on any atom is -0.496 e. The van der Waals surface area contributed by atoms with Crippen LogP contribution in [-0.2, 0) is 0 Å². The highest BCUT2D eigenvalue weighted by molar-refractivity contribution is 6.32. The fourth-order valence-electron chi connectivity index (χ4n) is 1.35. The van der Waals surface area contributed by atoms with Gasteiger partial charge in [0.05, 0.1) is 7.11 Å². The summed E-state index contributed by atoms with van der Waals surface area (Å²) in [6, 6.07) is 6.23. The molecule has 0 saturated heterocycles. The molecule has 0 spiro atoms. The predicted octanol–water partition coefficient (Wildman–Crippen LogP) is 0.528. The SMILES string of the molecule is Bc1ccc(/C=C/CN(C)C)c(OC)c1. The van der Waals surface area contributed by atoms with Crippen LogP contribution < -0.4 is 10.2 Å². The Hall–Kier alpha value is -1.22. The molecule has 1 rings (SSSR count). The summed E-state index contributed by atoms with van der Waals surface area (Å²) in [6.07, 6.45) is 4.23. The summed E-state index contributed by atoms with van der Waals surface area (Å²) in [6.45, 7) is 0.941. The number of hydrogen-bond donors (Lipinski definition) is 0. The van der Waals surface area contributed by atoms with Crippen molar-refractivity contribution in [1.29, 1.82) is 0 Å². The Labute approximate surface area is 93.0 Å². The molecule has 15 heavy (non-hydrogen) atoms. The number of hydrogen-bond acceptors (Lipinski definition) is 2. The average molecular weight is 203 g/mol. The van der Waals surface area contributed by atoms with E-state index in [-0.39, 0.29) is 0 Å². The molecule has 80 valence electrons. The lowest BCUT2D eigenvalue weighted by atomic mass is 9.94. The Bertz CT molecular complexity index is 347. The van der Waals surface area contributed by atoms with E-state index in [0.29, 0.717) is 0 Å². The summed E-state index contributed by atoms with van der Waals surface area (Å²) in [5.74, 6) is 0.935. The number of methoxy groups -OCH3 is 1. The van der Waals surface area contributed by atoms with Gasteiger partial charge in [0.1, 0.15) is 13.6 Å². The number of ether oxygens (including phenoxy) is 1. The van der Waals surface area contributed by atoms with Crippen LogP contribution in [0.15, 0.2) is 24.3 Å². The van der Waals surface area contributed by atoms with Crippen molar-refractivity contribution in [1.82, 2.24) is 4.90 Å². The van der Waals surface area contributed by atoms with Gasteiger partial charge >= 0.3 is 0 Å². The Morgan fingerprint density at radius 1 is 1.40 bits per heavy atom. The van der Waals surface area contributed by atoms with Crippen molar-refractivity contribution in [3.63, 3.8) is 0 Å². The van der Waals surface area contributed by atoms with Crippen molar-refractivity contribution >= 4 is 19.4 Å². The highest BCUT2D eigenvalue weighted by Gasteiger charge is 1.98. The lowest BCUT2D eigenvalue weighted by molar-refractivity contribution is 0.414. The maximum absolute atomic E-state index is 5.32. The van der Waals surface area contributed by atoms with Crippen molar-refractivity contribution in [2.24, 2.45) is 0 Å². The van der Waals surface area contributed by atoms with Gasteiger partial charge in [-0.1, -0.05) is 29.7 Å². The molecule has 0 aliphatic heterocycles. The first kappa shape index (κ1) is 11.9. The van der Waals surface area contributed by atoms with E-state index in [4.69, 9.17) is 4.74 Å². The third-order valence-electron chi connectivity index (χ3n) is 2.16. The van der Waals surface area contributed by atoms with Gasteiger partial charge in [-0.05, 0) is 20.2 Å². The van der Waals surface area contributed by atoms with Crippen molar-refractivity contribution < 1.29 is 4.74 Å². The van der Waals surface area contributed by atoms with Gasteiger partial charge in [-0.2, -0.15) is 0 Å². The molecular formula is C12H18BNO. The molecule has 0 N–H and O–H groups in total. The van der Waals surface area contributed by atoms with E-state index in [2.05, 4.69) is 57.2 Å². The Morgan fingerprint density at radius 2 is 2.13 bits per heavy atom. The molecule has 0 heterocycles. The second kappa shape index (κ2) is 5.61. The van der Waals surface area contributed by atoms with Crippen LogP contribution in [0, 0.1) is 0 Å². The van der Waals surface area contributed by atoms with Gasteiger partial charge < -0.3 is 9.64 Å². The zero-order valence-corrected chi connectivity index (χ0v) is 9.95. The average Bonchev–Trinajstić information content (AvgIpc) is 2.19. The summed E-state index contributed by atoms with van der Waals surface area (Å²) >= 11 is 0. The molecule has 3 heteroatoms. The zero-order valence-electron chi connectivity index (χ0n) is 9.95. The molecule has 1 aromatic rings. The van der Waals surface area contributed by atoms with Crippen LogP contribution >= 0.6 is 0 Å². The highest BCUT2D eigenvalue weighted by atomic mass is 16.5. The molecular weight excluding hydrogens is 185 g/mol. The van der Waals surface area contributed by atoms with Gasteiger partial charge in [-0.3, -0.25) is 0 Å². The third kappa shape index (κ3) is 3.80. The molecule has 1 aromatic carbocycles. The van der Waals surface area contributed by atoms with Gasteiger partial charge in [0.25, 0.3) is 0 Å². The first-order chi connectivity index (χ1) is 7.13. The van der Waals surface area contributed by atoms with Gasteiger partial charge in [0.2, 0.25) is 0 Å². The molecule has 0 saturated carbocycles. The summed E-state index contributed by atoms with van der Waals surface area (Å²) in [4.78, 5) is 2.12. The summed E-state index contributed by atoms with van der Waals surface area (Å²) in [5.41, 5.74) is 2.35. The van der Waals surface area contributed by atoms with Crippen LogP contribution in [0.5, 0.6) is 5.75 Å². The minimum atomic E-state index is 0.935. The quantitative estimate of drug-likeness (QED) is 0.662. The zero-order chi connectivity index (χ0) is 11.3. The Balaban J connectivity index is 2.80. The predicted molar refractivity (Wildman–Crippen MR) is 68.8 cm³/mol. The Kier molecular flexibility index (Phi) is 4.44. The lowest BCUT2D eigenvalue weighted by Crippen LogP contribution is -2.10. The van der Waals surface area contributed by atoms with Crippen molar-refractivity contribution in [2.75, 3.05) is 27.7 Å². The maximum Gasteiger partial charge on any atom is 0.139 e. The third-order valence-corrected chi connectivity index (χ3v) is 2.16.